The predicted molar refractivity (Wildman–Crippen MR) is 211 cm³/mol. The largest absolute Gasteiger partial charge is 0.394 e. The molecule has 30 atom stereocenters. The SMILES string of the molecule is CC(=O)N[C@@H]1[C@@H](O[C@H]2O[C@H](CO)[C@@H](O)[C@H](O)[C@@H]2O[C@H]2O[C@H](CO)[C@@H](O)[C@H](O[C@H]3O[C@H](CO)[C@@H](O)[C@H](O)[C@H]3O)[C@@H]2O[C@H]2O[C@H](CO)[C@@H](O)[C@H](O)[C@@H]2O[C@@H]2O[C@H](CO)[C@@H](O)[C@H](O)[C@@H]2O)[C@H](O)[C@@H](CO)O[C@H]1O. The summed E-state index contributed by atoms with van der Waals surface area (Å²) < 4.78 is 63.6. The average Bonchev–Trinajstić information content (AvgIpc) is 3.34. The van der Waals surface area contributed by atoms with E-state index in [0.717, 1.165) is 6.92 Å². The fourth-order valence-electron chi connectivity index (χ4n) is 8.84. The number of carbonyl (C=O) groups excluding carboxylic acids is 1. The summed E-state index contributed by atoms with van der Waals surface area (Å²) in [6.07, 6.45) is -59.0. The zero-order valence-electron chi connectivity index (χ0n) is 37.0. The van der Waals surface area contributed by atoms with Crippen LogP contribution in [0.4, 0.5) is 0 Å². The van der Waals surface area contributed by atoms with E-state index in [1.807, 2.05) is 0 Å². The monoisotopic (exact) mass is 1030 g/mol. The molecule has 20 N–H and O–H groups in total. The molecule has 6 aliphatic heterocycles. The van der Waals surface area contributed by atoms with Crippen molar-refractivity contribution in [1.82, 2.24) is 5.32 Å². The summed E-state index contributed by atoms with van der Waals surface area (Å²) in [7, 11) is 0. The smallest absolute Gasteiger partial charge is 0.217 e. The number of nitrogens with one attached hydrogen (secondary N) is 1. The highest BCUT2D eigenvalue weighted by atomic mass is 16.8. The Morgan fingerprint density at radius 1 is 0.343 bits per heavy atom. The first kappa shape index (κ1) is 57.5. The molecule has 408 valence electrons. The van der Waals surface area contributed by atoms with Gasteiger partial charge in [0.25, 0.3) is 0 Å². The van der Waals surface area contributed by atoms with Gasteiger partial charge >= 0.3 is 0 Å². The Hall–Kier alpha value is -1.73. The van der Waals surface area contributed by atoms with E-state index in [1.54, 1.807) is 0 Å². The maximum absolute atomic E-state index is 12.2. The fourth-order valence-corrected chi connectivity index (χ4v) is 8.84. The molecule has 6 aliphatic rings. The molecule has 0 radical (unpaired) electrons. The van der Waals surface area contributed by atoms with E-state index in [0.29, 0.717) is 0 Å². The van der Waals surface area contributed by atoms with Gasteiger partial charge in [-0.3, -0.25) is 4.79 Å². The summed E-state index contributed by atoms with van der Waals surface area (Å²) in [5, 5.41) is 205. The number of ether oxygens (including phenoxy) is 11. The lowest BCUT2D eigenvalue weighted by molar-refractivity contribution is -0.420. The van der Waals surface area contributed by atoms with Crippen molar-refractivity contribution in [1.29, 1.82) is 0 Å². The number of rotatable bonds is 17. The second kappa shape index (κ2) is 24.7. The normalized spacial score (nSPS) is 51.5. The topological polar surface area (TPSA) is 515 Å². The second-order valence-electron chi connectivity index (χ2n) is 17.5. The fraction of sp³-hybridized carbons (Fsp3) is 0.974. The molecular weight excluding hydrogens is 966 g/mol. The van der Waals surface area contributed by atoms with Crippen LogP contribution in [-0.4, -0.2) is 327 Å². The van der Waals surface area contributed by atoms with Crippen LogP contribution in [0, 0.1) is 0 Å². The van der Waals surface area contributed by atoms with Gasteiger partial charge in [0.1, 0.15) is 146 Å². The van der Waals surface area contributed by atoms with Crippen LogP contribution in [-0.2, 0) is 56.9 Å². The highest BCUT2D eigenvalue weighted by Crippen LogP contribution is 2.38. The maximum Gasteiger partial charge on any atom is 0.217 e. The van der Waals surface area contributed by atoms with Gasteiger partial charge in [0, 0.05) is 6.92 Å². The number of carbonyl (C=O) groups is 1. The predicted octanol–water partition coefficient (Wildman–Crippen LogP) is -14.0. The summed E-state index contributed by atoms with van der Waals surface area (Å²) >= 11 is 0. The minimum atomic E-state index is -2.32. The van der Waals surface area contributed by atoms with Crippen LogP contribution < -0.4 is 5.32 Å². The minimum absolute atomic E-state index is 0.800. The van der Waals surface area contributed by atoms with E-state index < -0.39 is 230 Å². The Morgan fingerprint density at radius 3 is 1.03 bits per heavy atom. The van der Waals surface area contributed by atoms with Gasteiger partial charge in [0.05, 0.1) is 39.6 Å². The van der Waals surface area contributed by atoms with E-state index in [4.69, 9.17) is 52.1 Å². The molecule has 6 fully saturated rings. The Morgan fingerprint density at radius 2 is 0.629 bits per heavy atom. The number of aliphatic hydroxyl groups excluding tert-OH is 19. The van der Waals surface area contributed by atoms with E-state index in [-0.39, 0.29) is 0 Å². The van der Waals surface area contributed by atoms with Crippen molar-refractivity contribution >= 4 is 5.91 Å². The van der Waals surface area contributed by atoms with Gasteiger partial charge in [-0.25, -0.2) is 0 Å². The molecule has 0 aromatic carbocycles. The van der Waals surface area contributed by atoms with Gasteiger partial charge in [-0.2, -0.15) is 0 Å². The van der Waals surface area contributed by atoms with Crippen molar-refractivity contribution in [2.75, 3.05) is 39.6 Å². The molecule has 0 saturated carbocycles. The van der Waals surface area contributed by atoms with E-state index in [1.165, 1.54) is 0 Å². The summed E-state index contributed by atoms with van der Waals surface area (Å²) in [4.78, 5) is 12.2. The van der Waals surface area contributed by atoms with E-state index >= 15 is 0 Å². The highest BCUT2D eigenvalue weighted by Gasteiger charge is 2.59. The van der Waals surface area contributed by atoms with Crippen molar-refractivity contribution in [3.8, 4) is 0 Å². The first-order chi connectivity index (χ1) is 33.2. The second-order valence-corrected chi connectivity index (χ2v) is 17.5. The molecule has 0 aromatic heterocycles. The molecule has 32 heteroatoms. The summed E-state index contributed by atoms with van der Waals surface area (Å²) in [6, 6.07) is -1.67. The molecule has 0 aromatic rings. The molecule has 70 heavy (non-hydrogen) atoms. The van der Waals surface area contributed by atoms with E-state index in [2.05, 4.69) is 5.32 Å². The number of hydrogen-bond acceptors (Lipinski definition) is 31. The summed E-state index contributed by atoms with van der Waals surface area (Å²) in [5.74, 6) is -0.800. The quantitative estimate of drug-likeness (QED) is 0.0643. The van der Waals surface area contributed by atoms with Crippen molar-refractivity contribution in [3.63, 3.8) is 0 Å². The summed E-state index contributed by atoms with van der Waals surface area (Å²) in [5.41, 5.74) is 0. The molecule has 1 amide bonds. The number of amides is 1. The highest BCUT2D eigenvalue weighted by molar-refractivity contribution is 5.73. The van der Waals surface area contributed by atoms with Crippen LogP contribution in [0.15, 0.2) is 0 Å². The van der Waals surface area contributed by atoms with Crippen molar-refractivity contribution in [2.24, 2.45) is 0 Å². The van der Waals surface area contributed by atoms with Gasteiger partial charge in [-0.05, 0) is 0 Å². The average molecular weight is 1030 g/mol. The Kier molecular flexibility index (Phi) is 20.3. The lowest BCUT2D eigenvalue weighted by atomic mass is 9.94. The standard InChI is InChI=1S/C38H65NO31/c1-8(46)39-15-28(20(51)13(6-44)60-33(15)59)66-36-31(25(56)19(50)11(4-42)63-36)69-38-32(29(21(52)14(7-45)65-38)67-34-26(57)22(53)16(47)9(2-40)61-34)70-37-30(24(55)18(49)12(5-43)64-37)68-35-27(58)23(54)17(48)10(3-41)62-35/h9-38,40-45,47-59H,2-7H2,1H3,(H,39,46)/t9-,10-,11-,12-,13-,14-,15-,16-,17-,18-,19-,20-,21-,22+,23+,24+,25+,26-,27+,28-,29+,30+,31+,32+,33-,34-,35+,36-,37-,38-/m1/s1. The van der Waals surface area contributed by atoms with Crippen LogP contribution in [0.5, 0.6) is 0 Å². The van der Waals surface area contributed by atoms with Gasteiger partial charge in [0.2, 0.25) is 5.91 Å². The third-order valence-corrected chi connectivity index (χ3v) is 12.8. The third-order valence-electron chi connectivity index (χ3n) is 12.8. The molecule has 6 saturated heterocycles. The zero-order valence-corrected chi connectivity index (χ0v) is 37.0. The van der Waals surface area contributed by atoms with Crippen LogP contribution in [0.2, 0.25) is 0 Å². The third kappa shape index (κ3) is 11.9. The minimum Gasteiger partial charge on any atom is -0.394 e. The lowest BCUT2D eigenvalue weighted by Gasteiger charge is -2.51. The molecule has 0 spiro atoms. The first-order valence-corrected chi connectivity index (χ1v) is 22.1. The molecule has 6 heterocycles. The van der Waals surface area contributed by atoms with Crippen molar-refractivity contribution in [2.45, 2.75) is 191 Å². The zero-order chi connectivity index (χ0) is 51.6. The number of aliphatic hydroxyl groups is 19. The molecular formula is C38H65NO31. The maximum atomic E-state index is 12.2. The molecule has 32 nitrogen and oxygen atoms in total. The van der Waals surface area contributed by atoms with Crippen LogP contribution in [0.1, 0.15) is 6.92 Å². The van der Waals surface area contributed by atoms with Crippen LogP contribution in [0.3, 0.4) is 0 Å². The van der Waals surface area contributed by atoms with Crippen molar-refractivity contribution in [3.05, 3.63) is 0 Å². The first-order valence-electron chi connectivity index (χ1n) is 22.1. The number of hydrogen-bond donors (Lipinski definition) is 20. The van der Waals surface area contributed by atoms with Gasteiger partial charge in [-0.15, -0.1) is 0 Å². The van der Waals surface area contributed by atoms with Gasteiger partial charge in [0.15, 0.2) is 37.7 Å². The Bertz CT molecular complexity index is 1630. The lowest BCUT2D eigenvalue weighted by Crippen LogP contribution is -2.70. The molecule has 0 aliphatic carbocycles. The van der Waals surface area contributed by atoms with Gasteiger partial charge < -0.3 is 154 Å². The Labute approximate surface area is 395 Å². The molecule has 6 rings (SSSR count). The van der Waals surface area contributed by atoms with E-state index in [9.17, 15) is 102 Å². The van der Waals surface area contributed by atoms with Crippen LogP contribution in [0.25, 0.3) is 0 Å². The molecule has 0 unspecified atom stereocenters. The van der Waals surface area contributed by atoms with Gasteiger partial charge in [-0.1, -0.05) is 0 Å². The summed E-state index contributed by atoms with van der Waals surface area (Å²) in [6.45, 7) is -5.07. The molecule has 0 bridgehead atoms. The Balaban J connectivity index is 1.43. The van der Waals surface area contributed by atoms with Crippen molar-refractivity contribution < 1.29 is 154 Å². The van der Waals surface area contributed by atoms with Crippen LogP contribution >= 0.6 is 0 Å².